The van der Waals surface area contributed by atoms with Gasteiger partial charge in [0, 0.05) is 12.1 Å². The Hall–Kier alpha value is -1.91. The van der Waals surface area contributed by atoms with Gasteiger partial charge in [-0.1, -0.05) is 70.4 Å². The fraction of sp³-hybridized carbons (Fsp3) is 0.611. The van der Waals surface area contributed by atoms with E-state index >= 15 is 0 Å². The van der Waals surface area contributed by atoms with Crippen LogP contribution in [0.1, 0.15) is 76.2 Å². The lowest BCUT2D eigenvalue weighted by Crippen LogP contribution is -2.11. The third-order valence-electron chi connectivity index (χ3n) is 4.15. The zero-order valence-corrected chi connectivity index (χ0v) is 13.9. The molecule has 128 valence electrons. The summed E-state index contributed by atoms with van der Waals surface area (Å²) in [6.45, 7) is 2.20. The number of benzene rings is 1. The lowest BCUT2D eigenvalue weighted by Gasteiger charge is -2.12. The van der Waals surface area contributed by atoms with E-state index in [1.165, 1.54) is 44.2 Å². The minimum atomic E-state index is -0.859. The van der Waals surface area contributed by atoms with Crippen molar-refractivity contribution in [3.05, 3.63) is 39.9 Å². The summed E-state index contributed by atoms with van der Waals surface area (Å²) >= 11 is 0. The van der Waals surface area contributed by atoms with Crippen LogP contribution in [0.5, 0.6) is 0 Å². The van der Waals surface area contributed by atoms with Gasteiger partial charge in [-0.25, -0.2) is 0 Å². The molecule has 1 aromatic rings. The van der Waals surface area contributed by atoms with E-state index in [-0.39, 0.29) is 5.69 Å². The fourth-order valence-electron chi connectivity index (χ4n) is 2.74. The van der Waals surface area contributed by atoms with Gasteiger partial charge in [0.25, 0.3) is 5.69 Å². The largest absolute Gasteiger partial charge is 0.481 e. The topological polar surface area (TPSA) is 80.4 Å². The van der Waals surface area contributed by atoms with Crippen LogP contribution in [0.4, 0.5) is 5.69 Å². The Labute approximate surface area is 137 Å². The minimum absolute atomic E-state index is 0.00929. The molecule has 0 spiro atoms. The Morgan fingerprint density at radius 1 is 1.04 bits per heavy atom. The molecule has 0 aromatic heterocycles. The summed E-state index contributed by atoms with van der Waals surface area (Å²) in [6, 6.07) is 5.86. The second kappa shape index (κ2) is 10.8. The molecule has 5 heteroatoms. The molecule has 0 radical (unpaired) electrons. The van der Waals surface area contributed by atoms with E-state index in [0.29, 0.717) is 12.0 Å². The molecule has 0 saturated heterocycles. The third-order valence-corrected chi connectivity index (χ3v) is 4.15. The van der Waals surface area contributed by atoms with Gasteiger partial charge < -0.3 is 5.11 Å². The first-order chi connectivity index (χ1) is 11.1. The first-order valence-corrected chi connectivity index (χ1v) is 8.53. The zero-order valence-electron chi connectivity index (χ0n) is 13.9. The number of carbonyl (C=O) groups is 1. The molecule has 5 nitrogen and oxygen atoms in total. The number of hydrogen-bond acceptors (Lipinski definition) is 3. The molecule has 0 unspecified atom stereocenters. The van der Waals surface area contributed by atoms with Crippen molar-refractivity contribution < 1.29 is 14.8 Å². The average Bonchev–Trinajstić information content (AvgIpc) is 2.53. The van der Waals surface area contributed by atoms with E-state index < -0.39 is 16.8 Å². The Morgan fingerprint density at radius 2 is 1.57 bits per heavy atom. The highest BCUT2D eigenvalue weighted by Crippen LogP contribution is 2.25. The summed E-state index contributed by atoms with van der Waals surface area (Å²) in [5, 5.41) is 20.0. The molecule has 1 rings (SSSR count). The highest BCUT2D eigenvalue weighted by Gasteiger charge is 2.20. The summed E-state index contributed by atoms with van der Waals surface area (Å²) in [6.07, 6.45) is 9.96. The van der Waals surface area contributed by atoms with Crippen LogP contribution in [0.3, 0.4) is 0 Å². The summed E-state index contributed by atoms with van der Waals surface area (Å²) in [4.78, 5) is 21.6. The standard InChI is InChI=1S/C18H27NO4/c1-2-3-4-5-6-7-8-9-10-17(18(20)21)15-11-13-16(14-12-15)19(22)23/h11-14,17H,2-10H2,1H3,(H,20,21)/t17-/m0/s1. The lowest BCUT2D eigenvalue weighted by molar-refractivity contribution is -0.384. The van der Waals surface area contributed by atoms with Gasteiger partial charge in [0.2, 0.25) is 0 Å². The van der Waals surface area contributed by atoms with E-state index in [0.717, 1.165) is 19.3 Å². The monoisotopic (exact) mass is 321 g/mol. The second-order valence-electron chi connectivity index (χ2n) is 6.00. The molecule has 1 aromatic carbocycles. The molecule has 0 aliphatic rings. The van der Waals surface area contributed by atoms with Gasteiger partial charge in [0.05, 0.1) is 10.8 Å². The van der Waals surface area contributed by atoms with E-state index in [2.05, 4.69) is 6.92 Å². The number of hydrogen-bond donors (Lipinski definition) is 1. The summed E-state index contributed by atoms with van der Waals surface area (Å²) in [5.74, 6) is -1.43. The van der Waals surface area contributed by atoms with Crippen molar-refractivity contribution >= 4 is 11.7 Å². The molecule has 0 aliphatic heterocycles. The predicted molar refractivity (Wildman–Crippen MR) is 90.7 cm³/mol. The number of non-ortho nitro benzene ring substituents is 1. The molecule has 23 heavy (non-hydrogen) atoms. The molecule has 0 fully saturated rings. The number of nitrogens with zero attached hydrogens (tertiary/aromatic N) is 1. The highest BCUT2D eigenvalue weighted by molar-refractivity contribution is 5.76. The summed E-state index contributed by atoms with van der Waals surface area (Å²) in [7, 11) is 0. The van der Waals surface area contributed by atoms with E-state index in [4.69, 9.17) is 0 Å². The first-order valence-electron chi connectivity index (χ1n) is 8.53. The van der Waals surface area contributed by atoms with Crippen LogP contribution in [0.15, 0.2) is 24.3 Å². The predicted octanol–water partition coefficient (Wildman–Crippen LogP) is 5.29. The maximum absolute atomic E-state index is 11.4. The van der Waals surface area contributed by atoms with Crippen LogP contribution < -0.4 is 0 Å². The highest BCUT2D eigenvalue weighted by atomic mass is 16.6. The van der Waals surface area contributed by atoms with Crippen molar-refractivity contribution in [1.82, 2.24) is 0 Å². The van der Waals surface area contributed by atoms with Crippen LogP contribution >= 0.6 is 0 Å². The summed E-state index contributed by atoms with van der Waals surface area (Å²) in [5.41, 5.74) is 0.635. The van der Waals surface area contributed by atoms with Crippen LogP contribution in [-0.4, -0.2) is 16.0 Å². The molecule has 0 heterocycles. The normalized spacial score (nSPS) is 12.0. The molecule has 0 amide bonds. The van der Waals surface area contributed by atoms with Crippen LogP contribution in [0.2, 0.25) is 0 Å². The van der Waals surface area contributed by atoms with Gasteiger partial charge in [0.15, 0.2) is 0 Å². The molecule has 0 aliphatic carbocycles. The molecule has 0 bridgehead atoms. The van der Waals surface area contributed by atoms with Crippen LogP contribution in [-0.2, 0) is 4.79 Å². The quantitative estimate of drug-likeness (QED) is 0.322. The Balaban J connectivity index is 2.38. The number of aliphatic carboxylic acids is 1. The Bertz CT molecular complexity index is 484. The smallest absolute Gasteiger partial charge is 0.310 e. The number of unbranched alkanes of at least 4 members (excludes halogenated alkanes) is 7. The van der Waals surface area contributed by atoms with Gasteiger partial charge in [0.1, 0.15) is 0 Å². The van der Waals surface area contributed by atoms with Crippen molar-refractivity contribution in [1.29, 1.82) is 0 Å². The van der Waals surface area contributed by atoms with E-state index in [1.807, 2.05) is 0 Å². The van der Waals surface area contributed by atoms with Gasteiger partial charge in [-0.05, 0) is 12.0 Å². The first kappa shape index (κ1) is 19.1. The third kappa shape index (κ3) is 7.26. The van der Waals surface area contributed by atoms with Crippen molar-refractivity contribution in [3.63, 3.8) is 0 Å². The minimum Gasteiger partial charge on any atom is -0.481 e. The fourth-order valence-corrected chi connectivity index (χ4v) is 2.74. The van der Waals surface area contributed by atoms with Gasteiger partial charge in [-0.15, -0.1) is 0 Å². The molecular weight excluding hydrogens is 294 g/mol. The van der Waals surface area contributed by atoms with Gasteiger partial charge >= 0.3 is 5.97 Å². The summed E-state index contributed by atoms with van der Waals surface area (Å²) < 4.78 is 0. The zero-order chi connectivity index (χ0) is 17.1. The van der Waals surface area contributed by atoms with E-state index in [1.54, 1.807) is 12.1 Å². The van der Waals surface area contributed by atoms with Crippen molar-refractivity contribution in [2.24, 2.45) is 0 Å². The molecule has 0 saturated carbocycles. The van der Waals surface area contributed by atoms with Gasteiger partial charge in [-0.3, -0.25) is 14.9 Å². The number of carboxylic acid groups (broad SMARTS) is 1. The van der Waals surface area contributed by atoms with Crippen molar-refractivity contribution in [2.45, 2.75) is 70.6 Å². The van der Waals surface area contributed by atoms with Crippen molar-refractivity contribution in [2.75, 3.05) is 0 Å². The number of carboxylic acids is 1. The van der Waals surface area contributed by atoms with Gasteiger partial charge in [-0.2, -0.15) is 0 Å². The second-order valence-corrected chi connectivity index (χ2v) is 6.00. The Kier molecular flexibility index (Phi) is 8.95. The maximum Gasteiger partial charge on any atom is 0.310 e. The van der Waals surface area contributed by atoms with Crippen LogP contribution in [0.25, 0.3) is 0 Å². The molecule has 1 N–H and O–H groups in total. The Morgan fingerprint density at radius 3 is 2.04 bits per heavy atom. The van der Waals surface area contributed by atoms with E-state index in [9.17, 15) is 20.0 Å². The lowest BCUT2D eigenvalue weighted by atomic mass is 9.93. The number of nitro benzene ring substituents is 1. The number of nitro groups is 1. The average molecular weight is 321 g/mol. The molecular formula is C18H27NO4. The molecule has 1 atom stereocenters. The maximum atomic E-state index is 11.4. The van der Waals surface area contributed by atoms with Crippen LogP contribution in [0, 0.1) is 10.1 Å². The van der Waals surface area contributed by atoms with Crippen molar-refractivity contribution in [3.8, 4) is 0 Å². The SMILES string of the molecule is CCCCCCCCCC[C@H](C(=O)O)c1ccc([N+](=O)[O-])cc1. The number of rotatable bonds is 12.